The summed E-state index contributed by atoms with van der Waals surface area (Å²) in [5.74, 6) is 0.389. The number of rotatable bonds is 4. The molecule has 0 unspecified atom stereocenters. The van der Waals surface area contributed by atoms with Gasteiger partial charge < -0.3 is 10.0 Å². The maximum atomic E-state index is 12.1. The van der Waals surface area contributed by atoms with Gasteiger partial charge in [0, 0.05) is 33.1 Å². The van der Waals surface area contributed by atoms with Gasteiger partial charge in [0.05, 0.1) is 22.1 Å². The molecule has 2 aromatic heterocycles. The lowest BCUT2D eigenvalue weighted by molar-refractivity contribution is 0.157. The second kappa shape index (κ2) is 5.97. The summed E-state index contributed by atoms with van der Waals surface area (Å²) < 4.78 is 26.3. The van der Waals surface area contributed by atoms with Crippen LogP contribution in [0.3, 0.4) is 0 Å². The molecule has 3 heterocycles. The summed E-state index contributed by atoms with van der Waals surface area (Å²) >= 11 is 1.57. The van der Waals surface area contributed by atoms with Gasteiger partial charge in [0.1, 0.15) is 12.1 Å². The van der Waals surface area contributed by atoms with Crippen molar-refractivity contribution in [3.8, 4) is 0 Å². The van der Waals surface area contributed by atoms with Gasteiger partial charge in [-0.3, -0.25) is 0 Å². The molecule has 0 amide bonds. The largest absolute Gasteiger partial charge is 0.391 e. The fourth-order valence-corrected chi connectivity index (χ4v) is 4.98. The number of hydrogen-bond acceptors (Lipinski definition) is 7. The number of aliphatic hydroxyl groups excluding tert-OH is 1. The van der Waals surface area contributed by atoms with Crippen molar-refractivity contribution in [2.45, 2.75) is 13.0 Å². The third kappa shape index (κ3) is 3.06. The number of aliphatic hydroxyl groups is 1. The van der Waals surface area contributed by atoms with Crippen molar-refractivity contribution in [2.24, 2.45) is 5.92 Å². The van der Waals surface area contributed by atoms with E-state index in [-0.39, 0.29) is 11.7 Å². The highest BCUT2D eigenvalue weighted by molar-refractivity contribution is 7.89. The number of anilines is 1. The SMILES string of the molecule is Cc1csc2c(N3C[C@@H](CS(=O)(=O)N(C)C)[C@H](O)C3)ncnc12. The Morgan fingerprint density at radius 3 is 2.83 bits per heavy atom. The number of fused-ring (bicyclic) bond motifs is 1. The van der Waals surface area contributed by atoms with E-state index in [1.54, 1.807) is 11.3 Å². The van der Waals surface area contributed by atoms with Crippen LogP contribution in [0, 0.1) is 12.8 Å². The van der Waals surface area contributed by atoms with Gasteiger partial charge in [0.25, 0.3) is 0 Å². The number of aromatic nitrogens is 2. The van der Waals surface area contributed by atoms with E-state index < -0.39 is 16.1 Å². The topological polar surface area (TPSA) is 86.6 Å². The summed E-state index contributed by atoms with van der Waals surface area (Å²) in [6.45, 7) is 2.86. The van der Waals surface area contributed by atoms with Gasteiger partial charge in [-0.15, -0.1) is 11.3 Å². The van der Waals surface area contributed by atoms with Gasteiger partial charge in [0.15, 0.2) is 0 Å². The molecular formula is C14H20N4O3S2. The second-order valence-electron chi connectivity index (χ2n) is 6.09. The van der Waals surface area contributed by atoms with Crippen LogP contribution in [0.25, 0.3) is 10.2 Å². The Labute approximate surface area is 139 Å². The first-order valence-corrected chi connectivity index (χ1v) is 9.80. The predicted molar refractivity (Wildman–Crippen MR) is 91.3 cm³/mol. The Bertz CT molecular complexity index is 819. The molecule has 1 N–H and O–H groups in total. The average Bonchev–Trinajstić information content (AvgIpc) is 3.03. The lowest BCUT2D eigenvalue weighted by Crippen LogP contribution is -2.33. The van der Waals surface area contributed by atoms with Gasteiger partial charge in [-0.1, -0.05) is 0 Å². The Morgan fingerprint density at radius 2 is 2.13 bits per heavy atom. The average molecular weight is 356 g/mol. The summed E-state index contributed by atoms with van der Waals surface area (Å²) in [6.07, 6.45) is 0.837. The lowest BCUT2D eigenvalue weighted by Gasteiger charge is -2.18. The van der Waals surface area contributed by atoms with Crippen LogP contribution in [-0.4, -0.2) is 66.8 Å². The van der Waals surface area contributed by atoms with Crippen LogP contribution in [0.4, 0.5) is 5.82 Å². The van der Waals surface area contributed by atoms with Gasteiger partial charge in [-0.25, -0.2) is 22.7 Å². The Hall–Kier alpha value is -1.29. The molecular weight excluding hydrogens is 336 g/mol. The Kier molecular flexibility index (Phi) is 4.30. The zero-order chi connectivity index (χ0) is 16.8. The van der Waals surface area contributed by atoms with Crippen molar-refractivity contribution in [3.05, 3.63) is 17.3 Å². The van der Waals surface area contributed by atoms with Crippen LogP contribution in [0.5, 0.6) is 0 Å². The van der Waals surface area contributed by atoms with Crippen LogP contribution in [0.15, 0.2) is 11.7 Å². The molecule has 0 aliphatic carbocycles. The minimum absolute atomic E-state index is 0.0602. The molecule has 23 heavy (non-hydrogen) atoms. The Morgan fingerprint density at radius 1 is 1.39 bits per heavy atom. The summed E-state index contributed by atoms with van der Waals surface area (Å²) in [7, 11) is -0.321. The summed E-state index contributed by atoms with van der Waals surface area (Å²) in [5.41, 5.74) is 2.01. The molecule has 1 saturated heterocycles. The molecule has 2 atom stereocenters. The highest BCUT2D eigenvalue weighted by Crippen LogP contribution is 2.33. The Balaban J connectivity index is 1.86. The zero-order valence-electron chi connectivity index (χ0n) is 13.3. The molecule has 0 radical (unpaired) electrons. The number of hydrogen-bond donors (Lipinski definition) is 1. The zero-order valence-corrected chi connectivity index (χ0v) is 14.9. The molecule has 1 aliphatic heterocycles. The van der Waals surface area contributed by atoms with Gasteiger partial charge in [-0.2, -0.15) is 0 Å². The summed E-state index contributed by atoms with van der Waals surface area (Å²) in [5, 5.41) is 12.3. The van der Waals surface area contributed by atoms with E-state index in [4.69, 9.17) is 0 Å². The predicted octanol–water partition coefficient (Wildman–Crippen LogP) is 0.688. The standard InChI is InChI=1S/C14H20N4O3S2/c1-9-6-22-13-12(9)15-8-16-14(13)18-4-10(11(19)5-18)7-23(20,21)17(2)3/h6,8,10-11,19H,4-5,7H2,1-3H3/t10-,11+/m0/s1. The minimum Gasteiger partial charge on any atom is -0.391 e. The smallest absolute Gasteiger partial charge is 0.214 e. The van der Waals surface area contributed by atoms with E-state index in [2.05, 4.69) is 9.97 Å². The van der Waals surface area contributed by atoms with Gasteiger partial charge in [-0.05, 0) is 17.9 Å². The molecule has 1 fully saturated rings. The monoisotopic (exact) mass is 356 g/mol. The summed E-state index contributed by atoms with van der Waals surface area (Å²) in [6, 6.07) is 0. The van der Waals surface area contributed by atoms with E-state index in [0.29, 0.717) is 13.1 Å². The molecule has 0 bridgehead atoms. The number of β-amino-alcohol motifs (C(OH)–C–C–N with tert-alkyl or cyclic N) is 1. The fraction of sp³-hybridized carbons (Fsp3) is 0.571. The maximum Gasteiger partial charge on any atom is 0.214 e. The van der Waals surface area contributed by atoms with Gasteiger partial charge >= 0.3 is 0 Å². The van der Waals surface area contributed by atoms with Crippen molar-refractivity contribution in [3.63, 3.8) is 0 Å². The minimum atomic E-state index is -3.34. The number of sulfonamides is 1. The lowest BCUT2D eigenvalue weighted by atomic mass is 10.1. The molecule has 7 nitrogen and oxygen atoms in total. The first kappa shape index (κ1) is 16.6. The van der Waals surface area contributed by atoms with Crippen molar-refractivity contribution in [1.82, 2.24) is 14.3 Å². The van der Waals surface area contributed by atoms with Crippen molar-refractivity contribution in [1.29, 1.82) is 0 Å². The third-order valence-electron chi connectivity index (χ3n) is 4.20. The molecule has 9 heteroatoms. The quantitative estimate of drug-likeness (QED) is 0.867. The van der Waals surface area contributed by atoms with Crippen molar-refractivity contribution in [2.75, 3.05) is 37.8 Å². The van der Waals surface area contributed by atoms with E-state index >= 15 is 0 Å². The molecule has 0 spiro atoms. The first-order chi connectivity index (χ1) is 10.8. The number of thiophene rings is 1. The van der Waals surface area contributed by atoms with E-state index in [0.717, 1.165) is 21.6 Å². The number of nitrogens with zero attached hydrogens (tertiary/aromatic N) is 4. The maximum absolute atomic E-state index is 12.1. The van der Waals surface area contributed by atoms with Crippen LogP contribution in [0.1, 0.15) is 5.56 Å². The van der Waals surface area contributed by atoms with Gasteiger partial charge in [0.2, 0.25) is 10.0 Å². The van der Waals surface area contributed by atoms with Crippen LogP contribution < -0.4 is 4.90 Å². The molecule has 0 aromatic carbocycles. The van der Waals surface area contributed by atoms with Crippen LogP contribution in [0.2, 0.25) is 0 Å². The normalized spacial score (nSPS) is 22.4. The van der Waals surface area contributed by atoms with Crippen molar-refractivity contribution < 1.29 is 13.5 Å². The van der Waals surface area contributed by atoms with Crippen LogP contribution in [-0.2, 0) is 10.0 Å². The highest BCUT2D eigenvalue weighted by Gasteiger charge is 2.36. The number of aryl methyl sites for hydroxylation is 1. The van der Waals surface area contributed by atoms with E-state index in [1.165, 1.54) is 24.7 Å². The third-order valence-corrected chi connectivity index (χ3v) is 7.24. The summed E-state index contributed by atoms with van der Waals surface area (Å²) in [4.78, 5) is 10.6. The highest BCUT2D eigenvalue weighted by atomic mass is 32.2. The molecule has 0 saturated carbocycles. The molecule has 2 aromatic rings. The van der Waals surface area contributed by atoms with Crippen LogP contribution >= 0.6 is 11.3 Å². The fourth-order valence-electron chi connectivity index (χ4n) is 2.79. The molecule has 126 valence electrons. The van der Waals surface area contributed by atoms with E-state index in [9.17, 15) is 13.5 Å². The molecule has 1 aliphatic rings. The second-order valence-corrected chi connectivity index (χ2v) is 9.19. The van der Waals surface area contributed by atoms with Crippen molar-refractivity contribution >= 4 is 37.4 Å². The first-order valence-electron chi connectivity index (χ1n) is 7.31. The molecule has 3 rings (SSSR count). The van der Waals surface area contributed by atoms with E-state index in [1.807, 2.05) is 17.2 Å².